The average molecular weight is 181 g/mol. The number of Topliss-reactive ketones (excluding diaryl/α,β-unsaturated/α-hetero) is 1. The minimum absolute atomic E-state index is 0.440. The van der Waals surface area contributed by atoms with Gasteiger partial charge >= 0.3 is 5.38 Å². The molecule has 0 aliphatic rings. The van der Waals surface area contributed by atoms with Gasteiger partial charge < -0.3 is 4.42 Å². The molecule has 11 heavy (non-hydrogen) atoms. The lowest BCUT2D eigenvalue weighted by Crippen LogP contribution is -2.20. The smallest absolute Gasteiger partial charge is 0.388 e. The standard InChI is InChI=1S/C6H3ClF2O2/c7-6(8,9)5(10)4-2-1-3-11-4/h1-3H. The van der Waals surface area contributed by atoms with Crippen LogP contribution < -0.4 is 0 Å². The second-order valence-electron chi connectivity index (χ2n) is 1.80. The molecular formula is C6H3ClF2O2. The quantitative estimate of drug-likeness (QED) is 0.516. The molecule has 0 amide bonds. The van der Waals surface area contributed by atoms with Crippen molar-refractivity contribution < 1.29 is 18.0 Å². The van der Waals surface area contributed by atoms with Crippen molar-refractivity contribution in [2.45, 2.75) is 5.38 Å². The fourth-order valence-corrected chi connectivity index (χ4v) is 0.641. The molecule has 0 fully saturated rings. The highest BCUT2D eigenvalue weighted by Crippen LogP contribution is 2.24. The van der Waals surface area contributed by atoms with Crippen LogP contribution in [0.1, 0.15) is 10.6 Å². The number of ketones is 1. The summed E-state index contributed by atoms with van der Waals surface area (Å²) in [6.45, 7) is 0. The van der Waals surface area contributed by atoms with Crippen LogP contribution in [0.3, 0.4) is 0 Å². The van der Waals surface area contributed by atoms with E-state index in [2.05, 4.69) is 16.0 Å². The molecule has 0 aliphatic carbocycles. The minimum Gasteiger partial charge on any atom is -0.461 e. The number of hydrogen-bond acceptors (Lipinski definition) is 2. The average Bonchev–Trinajstić information content (AvgIpc) is 2.34. The molecule has 0 atom stereocenters. The molecule has 0 radical (unpaired) electrons. The number of hydrogen-bond donors (Lipinski definition) is 0. The highest BCUT2D eigenvalue weighted by atomic mass is 35.5. The van der Waals surface area contributed by atoms with E-state index in [1.54, 1.807) is 0 Å². The third kappa shape index (κ3) is 1.77. The Balaban J connectivity index is 2.88. The predicted octanol–water partition coefficient (Wildman–Crippen LogP) is 2.29. The van der Waals surface area contributed by atoms with E-state index >= 15 is 0 Å². The minimum atomic E-state index is -3.88. The van der Waals surface area contributed by atoms with Gasteiger partial charge in [0.2, 0.25) is 0 Å². The third-order valence-electron chi connectivity index (χ3n) is 1.00. The van der Waals surface area contributed by atoms with Crippen molar-refractivity contribution in [1.82, 2.24) is 0 Å². The highest BCUT2D eigenvalue weighted by molar-refractivity contribution is 6.34. The van der Waals surface area contributed by atoms with E-state index in [-0.39, 0.29) is 0 Å². The van der Waals surface area contributed by atoms with Crippen LogP contribution >= 0.6 is 11.6 Å². The summed E-state index contributed by atoms with van der Waals surface area (Å²) < 4.78 is 28.5. The largest absolute Gasteiger partial charge is 0.461 e. The number of furan rings is 1. The lowest BCUT2D eigenvalue weighted by Gasteiger charge is -2.01. The number of alkyl halides is 3. The molecule has 1 rings (SSSR count). The number of carbonyl (C=O) groups excluding carboxylic acids is 1. The van der Waals surface area contributed by atoms with E-state index in [4.69, 9.17) is 0 Å². The molecule has 0 N–H and O–H groups in total. The van der Waals surface area contributed by atoms with Crippen molar-refractivity contribution in [3.8, 4) is 0 Å². The van der Waals surface area contributed by atoms with E-state index in [1.165, 1.54) is 6.07 Å². The van der Waals surface area contributed by atoms with E-state index < -0.39 is 16.9 Å². The van der Waals surface area contributed by atoms with E-state index in [0.29, 0.717) is 0 Å². The monoisotopic (exact) mass is 180 g/mol. The summed E-state index contributed by atoms with van der Waals surface area (Å²) in [5.41, 5.74) is 0. The van der Waals surface area contributed by atoms with Crippen LogP contribution in [-0.4, -0.2) is 11.2 Å². The van der Waals surface area contributed by atoms with Crippen molar-refractivity contribution in [1.29, 1.82) is 0 Å². The lowest BCUT2D eigenvalue weighted by atomic mass is 10.3. The summed E-state index contributed by atoms with van der Waals surface area (Å²) in [6.07, 6.45) is 1.12. The molecule has 1 aromatic rings. The predicted molar refractivity (Wildman–Crippen MR) is 33.8 cm³/mol. The van der Waals surface area contributed by atoms with Crippen molar-refractivity contribution in [2.24, 2.45) is 0 Å². The summed E-state index contributed by atoms with van der Waals surface area (Å²) in [5, 5.41) is -3.88. The van der Waals surface area contributed by atoms with Crippen molar-refractivity contribution in [3.63, 3.8) is 0 Å². The van der Waals surface area contributed by atoms with Gasteiger partial charge in [0.25, 0.3) is 5.78 Å². The summed E-state index contributed by atoms with van der Waals surface area (Å²) >= 11 is 4.43. The van der Waals surface area contributed by atoms with Crippen LogP contribution in [0.25, 0.3) is 0 Å². The summed E-state index contributed by atoms with van der Waals surface area (Å²) in [4.78, 5) is 10.6. The van der Waals surface area contributed by atoms with E-state index in [1.807, 2.05) is 0 Å². The first-order valence-electron chi connectivity index (χ1n) is 2.67. The van der Waals surface area contributed by atoms with Gasteiger partial charge in [-0.2, -0.15) is 8.78 Å². The molecule has 0 aromatic carbocycles. The highest BCUT2D eigenvalue weighted by Gasteiger charge is 2.38. The Bertz CT molecular complexity index is 250. The Morgan fingerprint density at radius 3 is 2.64 bits per heavy atom. The van der Waals surface area contributed by atoms with Gasteiger partial charge in [0.05, 0.1) is 6.26 Å². The Kier molecular flexibility index (Phi) is 1.95. The van der Waals surface area contributed by atoms with Gasteiger partial charge in [0, 0.05) is 0 Å². The zero-order valence-electron chi connectivity index (χ0n) is 5.18. The van der Waals surface area contributed by atoms with Gasteiger partial charge in [0.1, 0.15) is 0 Å². The van der Waals surface area contributed by atoms with Gasteiger partial charge in [-0.1, -0.05) is 0 Å². The van der Waals surface area contributed by atoms with Crippen LogP contribution in [0, 0.1) is 0 Å². The fraction of sp³-hybridized carbons (Fsp3) is 0.167. The summed E-state index contributed by atoms with van der Waals surface area (Å²) in [6, 6.07) is 2.45. The third-order valence-corrected chi connectivity index (χ3v) is 1.17. The molecule has 0 saturated heterocycles. The summed E-state index contributed by atoms with van der Waals surface area (Å²) in [5.74, 6) is -1.96. The molecule has 1 heterocycles. The molecule has 0 bridgehead atoms. The first kappa shape index (κ1) is 8.20. The molecule has 0 aliphatic heterocycles. The normalized spacial score (nSPS) is 11.5. The Labute approximate surface area is 65.8 Å². The zero-order chi connectivity index (χ0) is 8.48. The van der Waals surface area contributed by atoms with Crippen LogP contribution in [-0.2, 0) is 0 Å². The molecule has 0 spiro atoms. The van der Waals surface area contributed by atoms with Crippen molar-refractivity contribution in [3.05, 3.63) is 24.2 Å². The van der Waals surface area contributed by atoms with Gasteiger partial charge in [-0.05, 0) is 23.7 Å². The SMILES string of the molecule is O=C(c1ccco1)C(F)(F)Cl. The van der Waals surface area contributed by atoms with Gasteiger partial charge in [-0.15, -0.1) is 0 Å². The van der Waals surface area contributed by atoms with Gasteiger partial charge in [0.15, 0.2) is 5.76 Å². The first-order valence-corrected chi connectivity index (χ1v) is 3.04. The van der Waals surface area contributed by atoms with Crippen LogP contribution in [0.2, 0.25) is 0 Å². The molecule has 0 unspecified atom stereocenters. The molecule has 60 valence electrons. The number of halogens is 3. The van der Waals surface area contributed by atoms with Crippen LogP contribution in [0.15, 0.2) is 22.8 Å². The molecular weight excluding hydrogens is 178 g/mol. The van der Waals surface area contributed by atoms with Crippen molar-refractivity contribution in [2.75, 3.05) is 0 Å². The van der Waals surface area contributed by atoms with E-state index in [9.17, 15) is 13.6 Å². The van der Waals surface area contributed by atoms with Gasteiger partial charge in [-0.25, -0.2) is 0 Å². The Hall–Kier alpha value is -0.900. The molecule has 5 heteroatoms. The van der Waals surface area contributed by atoms with Gasteiger partial charge in [-0.3, -0.25) is 4.79 Å². The fourth-order valence-electron chi connectivity index (χ4n) is 0.547. The molecule has 1 aromatic heterocycles. The number of rotatable bonds is 2. The Morgan fingerprint density at radius 2 is 2.27 bits per heavy atom. The van der Waals surface area contributed by atoms with E-state index in [0.717, 1.165) is 12.3 Å². The summed E-state index contributed by atoms with van der Waals surface area (Å²) in [7, 11) is 0. The van der Waals surface area contributed by atoms with Crippen LogP contribution in [0.5, 0.6) is 0 Å². The molecule has 2 nitrogen and oxygen atoms in total. The zero-order valence-corrected chi connectivity index (χ0v) is 5.94. The maximum atomic E-state index is 12.0. The van der Waals surface area contributed by atoms with Crippen LogP contribution in [0.4, 0.5) is 8.78 Å². The maximum absolute atomic E-state index is 12.0. The number of carbonyl (C=O) groups is 1. The second-order valence-corrected chi connectivity index (χ2v) is 2.28. The van der Waals surface area contributed by atoms with Crippen molar-refractivity contribution >= 4 is 17.4 Å². The maximum Gasteiger partial charge on any atom is 0.388 e. The lowest BCUT2D eigenvalue weighted by molar-refractivity contribution is 0.0506. The second kappa shape index (κ2) is 2.62. The molecule has 0 saturated carbocycles. The first-order chi connectivity index (χ1) is 5.02. The topological polar surface area (TPSA) is 30.2 Å². The Morgan fingerprint density at radius 1 is 1.64 bits per heavy atom.